The Hall–Kier alpha value is -1.75. The van der Waals surface area contributed by atoms with Crippen LogP contribution in [0.1, 0.15) is 0 Å². The standard InChI is InChI=1S/C3H5N2O2.C2F6NO4S2/c6-4-1-2-5(7)3-4;3-1(4,5)14(10,11)9-15(12,13)2(6,7)8/h1-3,6-7H;/q+1;-1. The average molecular weight is 381 g/mol. The Morgan fingerprint density at radius 2 is 1.32 bits per heavy atom. The van der Waals surface area contributed by atoms with Gasteiger partial charge in [-0.2, -0.15) is 26.3 Å². The van der Waals surface area contributed by atoms with E-state index in [0.717, 1.165) is 19.9 Å². The second-order valence-corrected chi connectivity index (χ2v) is 6.51. The number of halogens is 6. The van der Waals surface area contributed by atoms with Crippen molar-refractivity contribution in [1.29, 1.82) is 0 Å². The molecule has 1 aromatic heterocycles. The SMILES string of the molecule is O=S(=O)([N-]S(=O)(=O)C(F)(F)F)C(F)(F)F.On1cc[n+](O)c1. The molecule has 0 bridgehead atoms. The van der Waals surface area contributed by atoms with Gasteiger partial charge in [0.2, 0.25) is 0 Å². The first-order valence-electron chi connectivity index (χ1n) is 4.34. The Labute approximate surface area is 118 Å². The molecule has 0 amide bonds. The third-order valence-corrected chi connectivity index (χ3v) is 4.13. The van der Waals surface area contributed by atoms with Gasteiger partial charge in [-0.05, 0) is 0 Å². The lowest BCUT2D eigenvalue weighted by Gasteiger charge is -2.22. The normalized spacial score (nSPS) is 13.4. The van der Waals surface area contributed by atoms with Crippen LogP contribution in [-0.4, -0.2) is 43.0 Å². The van der Waals surface area contributed by atoms with Crippen LogP contribution in [0.5, 0.6) is 0 Å². The highest BCUT2D eigenvalue weighted by Crippen LogP contribution is 2.36. The lowest BCUT2D eigenvalue weighted by Crippen LogP contribution is -2.30. The summed E-state index contributed by atoms with van der Waals surface area (Å²) in [5, 5.41) is 16.8. The van der Waals surface area contributed by atoms with Gasteiger partial charge in [-0.15, -0.1) is 0 Å². The fourth-order valence-corrected chi connectivity index (χ4v) is 2.26. The maximum Gasteiger partial charge on any atom is 0.480 e. The predicted molar refractivity (Wildman–Crippen MR) is 52.3 cm³/mol. The van der Waals surface area contributed by atoms with Crippen LogP contribution in [0.15, 0.2) is 18.7 Å². The second-order valence-electron chi connectivity index (χ2n) is 3.09. The largest absolute Gasteiger partial charge is 0.480 e. The van der Waals surface area contributed by atoms with E-state index >= 15 is 0 Å². The summed E-state index contributed by atoms with van der Waals surface area (Å²) in [5.74, 6) is 0. The number of aromatic nitrogens is 2. The Morgan fingerprint density at radius 1 is 0.955 bits per heavy atom. The Balaban J connectivity index is 0.000000518. The summed E-state index contributed by atoms with van der Waals surface area (Å²) in [6.07, 6.45) is 3.72. The van der Waals surface area contributed by atoms with Gasteiger partial charge < -0.3 is 14.5 Å². The van der Waals surface area contributed by atoms with Gasteiger partial charge in [-0.3, -0.25) is 0 Å². The van der Waals surface area contributed by atoms with E-state index in [0.29, 0.717) is 0 Å². The summed E-state index contributed by atoms with van der Waals surface area (Å²) < 4.78 is 111. The molecule has 22 heavy (non-hydrogen) atoms. The average Bonchev–Trinajstić information content (AvgIpc) is 2.58. The van der Waals surface area contributed by atoms with E-state index in [2.05, 4.69) is 0 Å². The predicted octanol–water partition coefficient (Wildman–Crippen LogP) is 0.310. The van der Waals surface area contributed by atoms with Gasteiger partial charge in [0.05, 0.1) is 0 Å². The van der Waals surface area contributed by atoms with Crippen LogP contribution >= 0.6 is 0 Å². The van der Waals surface area contributed by atoms with E-state index < -0.39 is 31.1 Å². The Bertz CT molecular complexity index is 645. The minimum atomic E-state index is -6.72. The summed E-state index contributed by atoms with van der Waals surface area (Å²) in [6, 6.07) is 0. The van der Waals surface area contributed by atoms with Crippen LogP contribution in [0.2, 0.25) is 0 Å². The van der Waals surface area contributed by atoms with Crippen LogP contribution in [0.25, 0.3) is 4.13 Å². The minimum absolute atomic E-state index is 0.750. The number of nitrogens with zero attached hydrogens (tertiary/aromatic N) is 3. The number of imidazole rings is 1. The van der Waals surface area contributed by atoms with Gasteiger partial charge in [0.1, 0.15) is 0 Å². The highest BCUT2D eigenvalue weighted by atomic mass is 32.3. The number of sulfonamides is 2. The van der Waals surface area contributed by atoms with Crippen LogP contribution in [0, 0.1) is 0 Å². The molecule has 130 valence electrons. The molecule has 0 radical (unpaired) electrons. The second kappa shape index (κ2) is 6.16. The van der Waals surface area contributed by atoms with E-state index in [1.54, 1.807) is 0 Å². The van der Waals surface area contributed by atoms with Crippen molar-refractivity contribution in [3.63, 3.8) is 0 Å². The van der Waals surface area contributed by atoms with Crippen LogP contribution in [-0.2, 0) is 20.0 Å². The molecule has 0 atom stereocenters. The van der Waals surface area contributed by atoms with Gasteiger partial charge in [-0.1, -0.05) is 9.46 Å². The summed E-state index contributed by atoms with van der Waals surface area (Å²) in [6.45, 7) is 0. The lowest BCUT2D eigenvalue weighted by molar-refractivity contribution is -0.905. The topological polar surface area (TPSA) is 132 Å². The quantitative estimate of drug-likeness (QED) is 0.431. The fourth-order valence-electron chi connectivity index (χ4n) is 0.548. The third kappa shape index (κ3) is 5.56. The maximum atomic E-state index is 11.4. The molecule has 0 aliphatic rings. The molecule has 0 aliphatic carbocycles. The van der Waals surface area contributed by atoms with Crippen molar-refractivity contribution in [2.45, 2.75) is 11.0 Å². The zero-order valence-electron chi connectivity index (χ0n) is 9.69. The van der Waals surface area contributed by atoms with Crippen molar-refractivity contribution in [3.05, 3.63) is 22.8 Å². The van der Waals surface area contributed by atoms with Gasteiger partial charge >= 0.3 is 17.3 Å². The molecular formula is C5H5F6N3O6S2. The molecule has 1 heterocycles. The van der Waals surface area contributed by atoms with Gasteiger partial charge in [-0.25, -0.2) is 16.8 Å². The highest BCUT2D eigenvalue weighted by molar-refractivity contribution is 8.13. The van der Waals surface area contributed by atoms with Crippen molar-refractivity contribution >= 4 is 20.0 Å². The van der Waals surface area contributed by atoms with Crippen molar-refractivity contribution in [3.8, 4) is 0 Å². The molecule has 0 aromatic carbocycles. The summed E-state index contributed by atoms with van der Waals surface area (Å²) in [4.78, 5) is 0. The van der Waals surface area contributed by atoms with Gasteiger partial charge in [0, 0.05) is 0 Å². The summed E-state index contributed by atoms with van der Waals surface area (Å²) >= 11 is 0. The van der Waals surface area contributed by atoms with Crippen LogP contribution < -0.4 is 4.73 Å². The summed E-state index contributed by atoms with van der Waals surface area (Å²) in [5.41, 5.74) is -12.4. The smallest absolute Gasteiger partial charge is 0.421 e. The van der Waals surface area contributed by atoms with Crippen molar-refractivity contribution in [2.75, 3.05) is 0 Å². The lowest BCUT2D eigenvalue weighted by atomic mass is 11.0. The minimum Gasteiger partial charge on any atom is -0.421 e. The van der Waals surface area contributed by atoms with Gasteiger partial charge in [0.15, 0.2) is 32.4 Å². The van der Waals surface area contributed by atoms with Gasteiger partial charge in [0.25, 0.3) is 0 Å². The van der Waals surface area contributed by atoms with E-state index in [9.17, 15) is 43.2 Å². The molecule has 0 saturated carbocycles. The first-order valence-corrected chi connectivity index (χ1v) is 7.22. The highest BCUT2D eigenvalue weighted by Gasteiger charge is 2.46. The molecule has 9 nitrogen and oxygen atoms in total. The number of alkyl halides is 6. The summed E-state index contributed by atoms with van der Waals surface area (Å²) in [7, 11) is -13.4. The molecule has 0 aliphatic heterocycles. The molecule has 1 rings (SSSR count). The number of rotatable bonds is 2. The molecular weight excluding hydrogens is 376 g/mol. The third-order valence-electron chi connectivity index (χ3n) is 1.39. The first-order chi connectivity index (χ1) is 9.49. The van der Waals surface area contributed by atoms with E-state index in [1.807, 2.05) is 0 Å². The Morgan fingerprint density at radius 3 is 1.45 bits per heavy atom. The fraction of sp³-hybridized carbons (Fsp3) is 0.400. The van der Waals surface area contributed by atoms with E-state index in [1.165, 1.54) is 12.4 Å². The van der Waals surface area contributed by atoms with Crippen LogP contribution in [0.3, 0.4) is 0 Å². The molecule has 2 N–H and O–H groups in total. The monoisotopic (exact) mass is 381 g/mol. The molecule has 0 saturated heterocycles. The van der Waals surface area contributed by atoms with Crippen LogP contribution in [0.4, 0.5) is 26.3 Å². The Kier molecular flexibility index (Phi) is 5.67. The number of hydrogen-bond donors (Lipinski definition) is 2. The molecule has 0 spiro atoms. The van der Waals surface area contributed by atoms with E-state index in [-0.39, 0.29) is 0 Å². The molecule has 0 fully saturated rings. The molecule has 0 unspecified atom stereocenters. The molecule has 1 aromatic rings. The maximum absolute atomic E-state index is 11.4. The van der Waals surface area contributed by atoms with E-state index in [4.69, 9.17) is 10.4 Å². The zero-order chi connectivity index (χ0) is 18.0. The first kappa shape index (κ1) is 20.2. The zero-order valence-corrected chi connectivity index (χ0v) is 11.3. The van der Waals surface area contributed by atoms with Crippen molar-refractivity contribution < 1.29 is 58.3 Å². The molecule has 17 heteroatoms. The van der Waals surface area contributed by atoms with Crippen molar-refractivity contribution in [1.82, 2.24) is 4.73 Å². The number of hydrogen-bond acceptors (Lipinski definition) is 6. The van der Waals surface area contributed by atoms with Crippen molar-refractivity contribution in [2.24, 2.45) is 0 Å².